The molecule has 2 saturated heterocycles. The number of halogens is 1. The maximum Gasteiger partial charge on any atom is 0.254 e. The fraction of sp³-hybridized carbons (Fsp3) is 0.444. The number of carbonyl (C=O) groups is 1. The molecule has 2 bridgehead atoms. The van der Waals surface area contributed by atoms with Gasteiger partial charge in [0.25, 0.3) is 5.91 Å². The third kappa shape index (κ3) is 2.94. The van der Waals surface area contributed by atoms with Crippen LogP contribution in [-0.4, -0.2) is 34.8 Å². The summed E-state index contributed by atoms with van der Waals surface area (Å²) in [6, 6.07) is 8.28. The summed E-state index contributed by atoms with van der Waals surface area (Å²) in [5.41, 5.74) is 2.47. The van der Waals surface area contributed by atoms with Gasteiger partial charge in [0.15, 0.2) is 0 Å². The Morgan fingerprint density at radius 1 is 1.50 bits per heavy atom. The summed E-state index contributed by atoms with van der Waals surface area (Å²) >= 11 is 6.02. The van der Waals surface area contributed by atoms with E-state index in [1.54, 1.807) is 4.68 Å². The Hall–Kier alpha value is -1.85. The summed E-state index contributed by atoms with van der Waals surface area (Å²) in [6.07, 6.45) is 3.08. The van der Waals surface area contributed by atoms with Crippen LogP contribution in [0.5, 0.6) is 0 Å². The first-order valence-corrected chi connectivity index (χ1v) is 8.78. The Kier molecular flexibility index (Phi) is 4.06. The second-order valence-electron chi connectivity index (χ2n) is 6.84. The highest BCUT2D eigenvalue weighted by Gasteiger charge is 2.46. The van der Waals surface area contributed by atoms with Crippen LogP contribution in [0.3, 0.4) is 0 Å². The third-order valence-electron chi connectivity index (χ3n) is 5.24. The molecular weight excluding hydrogens is 324 g/mol. The normalized spacial score (nSPS) is 24.7. The molecule has 5 nitrogen and oxygen atoms in total. The van der Waals surface area contributed by atoms with Gasteiger partial charge in [0.2, 0.25) is 0 Å². The van der Waals surface area contributed by atoms with Crippen LogP contribution in [0.15, 0.2) is 30.5 Å². The number of carbonyl (C=O) groups excluding carboxylic acids is 1. The standard InChI is InChI=1S/C18H21ClN4O/c1-11-16(18(24)21-8-15-13-6-17(15)20-7-13)10-23(22-11)9-12-3-2-4-14(19)5-12/h2-5,10,13,15,17,20H,6-9H2,1H3,(H,21,24)/t13-,15+,17-/m0/s1. The van der Waals surface area contributed by atoms with Crippen molar-refractivity contribution < 1.29 is 4.79 Å². The fourth-order valence-electron chi connectivity index (χ4n) is 3.84. The maximum absolute atomic E-state index is 12.5. The lowest BCUT2D eigenvalue weighted by atomic mass is 9.74. The average Bonchev–Trinajstić information content (AvgIpc) is 3.23. The smallest absolute Gasteiger partial charge is 0.254 e. The number of hydrogen-bond donors (Lipinski definition) is 2. The quantitative estimate of drug-likeness (QED) is 0.874. The number of aryl methyl sites for hydroxylation is 1. The van der Waals surface area contributed by atoms with E-state index in [1.807, 2.05) is 37.4 Å². The van der Waals surface area contributed by atoms with Gasteiger partial charge < -0.3 is 10.6 Å². The predicted octanol–water partition coefficient (Wildman–Crippen LogP) is 2.23. The fourth-order valence-corrected chi connectivity index (χ4v) is 4.05. The SMILES string of the molecule is Cc1nn(Cc2cccc(Cl)c2)cc1C(=O)NC[C@@H]1[C@@H]2CN[C@H]1C2. The minimum Gasteiger partial charge on any atom is -0.352 e. The molecule has 3 atom stereocenters. The zero-order chi connectivity index (χ0) is 16.7. The average molecular weight is 345 g/mol. The van der Waals surface area contributed by atoms with Crippen LogP contribution in [-0.2, 0) is 6.54 Å². The second kappa shape index (κ2) is 6.22. The van der Waals surface area contributed by atoms with Gasteiger partial charge in [-0.3, -0.25) is 9.48 Å². The Morgan fingerprint density at radius 2 is 2.38 bits per heavy atom. The van der Waals surface area contributed by atoms with Gasteiger partial charge in [-0.2, -0.15) is 5.10 Å². The predicted molar refractivity (Wildman–Crippen MR) is 93.2 cm³/mol. The van der Waals surface area contributed by atoms with Crippen LogP contribution in [0.2, 0.25) is 5.02 Å². The first-order valence-electron chi connectivity index (χ1n) is 8.40. The third-order valence-corrected chi connectivity index (χ3v) is 5.48. The minimum atomic E-state index is -0.0313. The maximum atomic E-state index is 12.5. The summed E-state index contributed by atoms with van der Waals surface area (Å²) < 4.78 is 1.80. The van der Waals surface area contributed by atoms with Crippen LogP contribution in [0.25, 0.3) is 0 Å². The van der Waals surface area contributed by atoms with Crippen LogP contribution in [0.4, 0.5) is 0 Å². The molecule has 24 heavy (non-hydrogen) atoms. The van der Waals surface area contributed by atoms with E-state index in [-0.39, 0.29) is 5.91 Å². The molecule has 6 heteroatoms. The van der Waals surface area contributed by atoms with E-state index in [0.717, 1.165) is 30.3 Å². The largest absolute Gasteiger partial charge is 0.352 e. The van der Waals surface area contributed by atoms with Gasteiger partial charge in [0.05, 0.1) is 17.8 Å². The number of nitrogens with zero attached hydrogens (tertiary/aromatic N) is 2. The second-order valence-corrected chi connectivity index (χ2v) is 7.28. The molecule has 1 aromatic carbocycles. The summed E-state index contributed by atoms with van der Waals surface area (Å²) in [7, 11) is 0. The summed E-state index contributed by atoms with van der Waals surface area (Å²) in [5.74, 6) is 1.30. The molecule has 1 aromatic heterocycles. The number of nitrogens with one attached hydrogen (secondary N) is 2. The number of amides is 1. The lowest BCUT2D eigenvalue weighted by Crippen LogP contribution is -2.44. The molecule has 0 radical (unpaired) electrons. The molecule has 2 aliphatic heterocycles. The van der Waals surface area contributed by atoms with Crippen molar-refractivity contribution in [3.05, 3.63) is 52.3 Å². The summed E-state index contributed by atoms with van der Waals surface area (Å²) in [5, 5.41) is 11.7. The molecule has 1 aliphatic carbocycles. The topological polar surface area (TPSA) is 59.0 Å². The number of benzene rings is 1. The molecule has 5 rings (SSSR count). The Labute approximate surface area is 146 Å². The lowest BCUT2D eigenvalue weighted by molar-refractivity contribution is 0.0926. The molecule has 0 unspecified atom stereocenters. The summed E-state index contributed by atoms with van der Waals surface area (Å²) in [4.78, 5) is 12.5. The molecular formula is C18H21ClN4O. The van der Waals surface area contributed by atoms with Gasteiger partial charge in [-0.25, -0.2) is 0 Å². The molecule has 126 valence electrons. The molecule has 2 aromatic rings. The van der Waals surface area contributed by atoms with Gasteiger partial charge in [-0.05, 0) is 49.4 Å². The Morgan fingerprint density at radius 3 is 3.08 bits per heavy atom. The minimum absolute atomic E-state index is 0.0313. The van der Waals surface area contributed by atoms with E-state index in [4.69, 9.17) is 11.6 Å². The Balaban J connectivity index is 1.40. The first-order chi connectivity index (χ1) is 11.6. The van der Waals surface area contributed by atoms with E-state index in [1.165, 1.54) is 6.42 Å². The van der Waals surface area contributed by atoms with Gasteiger partial charge in [-0.1, -0.05) is 23.7 Å². The molecule has 3 aliphatic rings. The van der Waals surface area contributed by atoms with E-state index in [2.05, 4.69) is 15.7 Å². The summed E-state index contributed by atoms with van der Waals surface area (Å²) in [6.45, 7) is 4.32. The zero-order valence-electron chi connectivity index (χ0n) is 13.6. The van der Waals surface area contributed by atoms with Crippen molar-refractivity contribution >= 4 is 17.5 Å². The molecule has 3 heterocycles. The van der Waals surface area contributed by atoms with Crippen molar-refractivity contribution in [2.24, 2.45) is 11.8 Å². The van der Waals surface area contributed by atoms with E-state index in [0.29, 0.717) is 29.1 Å². The van der Waals surface area contributed by atoms with Crippen molar-refractivity contribution in [2.75, 3.05) is 13.1 Å². The van der Waals surface area contributed by atoms with E-state index in [9.17, 15) is 4.79 Å². The number of hydrogen-bond acceptors (Lipinski definition) is 3. The highest BCUT2D eigenvalue weighted by Crippen LogP contribution is 2.39. The van der Waals surface area contributed by atoms with Crippen LogP contribution in [0.1, 0.15) is 28.0 Å². The van der Waals surface area contributed by atoms with Gasteiger partial charge in [0.1, 0.15) is 0 Å². The van der Waals surface area contributed by atoms with Crippen molar-refractivity contribution in [1.82, 2.24) is 20.4 Å². The van der Waals surface area contributed by atoms with Crippen LogP contribution < -0.4 is 10.6 Å². The zero-order valence-corrected chi connectivity index (χ0v) is 14.4. The van der Waals surface area contributed by atoms with E-state index < -0.39 is 0 Å². The number of aromatic nitrogens is 2. The first kappa shape index (κ1) is 15.7. The van der Waals surface area contributed by atoms with Crippen molar-refractivity contribution in [2.45, 2.75) is 25.9 Å². The molecule has 1 saturated carbocycles. The van der Waals surface area contributed by atoms with Gasteiger partial charge in [-0.15, -0.1) is 0 Å². The van der Waals surface area contributed by atoms with Crippen LogP contribution >= 0.6 is 11.6 Å². The van der Waals surface area contributed by atoms with Crippen LogP contribution in [0, 0.1) is 18.8 Å². The van der Waals surface area contributed by atoms with Crippen molar-refractivity contribution in [1.29, 1.82) is 0 Å². The van der Waals surface area contributed by atoms with Crippen molar-refractivity contribution in [3.63, 3.8) is 0 Å². The molecule has 3 fully saturated rings. The van der Waals surface area contributed by atoms with E-state index >= 15 is 0 Å². The highest BCUT2D eigenvalue weighted by molar-refractivity contribution is 6.30. The monoisotopic (exact) mass is 344 g/mol. The van der Waals surface area contributed by atoms with Gasteiger partial charge in [0, 0.05) is 23.8 Å². The Bertz CT molecular complexity index is 758. The lowest BCUT2D eigenvalue weighted by Gasteiger charge is -2.34. The number of rotatable bonds is 5. The molecule has 0 spiro atoms. The number of fused-ring (bicyclic) bond motifs is 1. The highest BCUT2D eigenvalue weighted by atomic mass is 35.5. The van der Waals surface area contributed by atoms with Crippen molar-refractivity contribution in [3.8, 4) is 0 Å². The molecule has 2 N–H and O–H groups in total. The molecule has 1 amide bonds. The van der Waals surface area contributed by atoms with Gasteiger partial charge >= 0.3 is 0 Å².